The van der Waals surface area contributed by atoms with Crippen LogP contribution in [0, 0.1) is 5.41 Å². The first-order valence-electron chi connectivity index (χ1n) is 4.61. The van der Waals surface area contributed by atoms with Crippen LogP contribution in [-0.2, 0) is 0 Å². The van der Waals surface area contributed by atoms with Crippen molar-refractivity contribution in [3.63, 3.8) is 0 Å². The van der Waals surface area contributed by atoms with Gasteiger partial charge in [-0.05, 0) is 17.5 Å². The monoisotopic (exact) mass is 166 g/mol. The lowest BCUT2D eigenvalue weighted by Crippen LogP contribution is -2.18. The summed E-state index contributed by atoms with van der Waals surface area (Å²) in [4.78, 5) is 0. The molecule has 1 unspecified atom stereocenters. The second kappa shape index (κ2) is 3.34. The smallest absolute Gasteiger partial charge is 0.107 e. The number of hydrogen-bond acceptors (Lipinski definition) is 1. The predicted molar refractivity (Wildman–Crippen MR) is 51.2 cm³/mol. The van der Waals surface area contributed by atoms with E-state index in [0.717, 1.165) is 5.76 Å². The number of rotatable bonds is 3. The molecule has 0 N–H and O–H groups in total. The molecule has 0 fully saturated rings. The number of hydrogen-bond donors (Lipinski definition) is 0. The molecule has 0 spiro atoms. The summed E-state index contributed by atoms with van der Waals surface area (Å²) in [5.74, 6) is 1.60. The van der Waals surface area contributed by atoms with Crippen LogP contribution in [0.5, 0.6) is 0 Å². The molecular weight excluding hydrogens is 148 g/mol. The van der Waals surface area contributed by atoms with E-state index in [1.165, 1.54) is 6.42 Å². The molecule has 0 bridgehead atoms. The molecule has 1 aromatic rings. The number of furan rings is 1. The standard InChI is InChI=1S/C11H18O/c1-5-11(3,4)9(2)10-7-6-8-12-10/h6-9H,5H2,1-4H3. The highest BCUT2D eigenvalue weighted by Gasteiger charge is 2.26. The van der Waals surface area contributed by atoms with Crippen molar-refractivity contribution in [3.8, 4) is 0 Å². The Labute approximate surface area is 74.8 Å². The fraction of sp³-hybridized carbons (Fsp3) is 0.636. The molecule has 1 nitrogen and oxygen atoms in total. The van der Waals surface area contributed by atoms with Crippen molar-refractivity contribution in [2.45, 2.75) is 40.0 Å². The molecule has 0 saturated carbocycles. The minimum absolute atomic E-state index is 0.331. The van der Waals surface area contributed by atoms with Crippen molar-refractivity contribution in [2.24, 2.45) is 5.41 Å². The molecule has 1 heteroatoms. The first kappa shape index (κ1) is 9.37. The van der Waals surface area contributed by atoms with Crippen molar-refractivity contribution in [3.05, 3.63) is 24.2 Å². The first-order chi connectivity index (χ1) is 5.58. The lowest BCUT2D eigenvalue weighted by atomic mass is 9.77. The van der Waals surface area contributed by atoms with Crippen LogP contribution < -0.4 is 0 Å². The summed E-state index contributed by atoms with van der Waals surface area (Å²) in [5, 5.41) is 0. The molecule has 1 atom stereocenters. The van der Waals surface area contributed by atoms with Gasteiger partial charge in [-0.2, -0.15) is 0 Å². The third-order valence-corrected chi connectivity index (χ3v) is 3.05. The van der Waals surface area contributed by atoms with Crippen LogP contribution in [0.2, 0.25) is 0 Å². The van der Waals surface area contributed by atoms with Gasteiger partial charge in [-0.15, -0.1) is 0 Å². The van der Waals surface area contributed by atoms with Gasteiger partial charge in [0.2, 0.25) is 0 Å². The van der Waals surface area contributed by atoms with Gasteiger partial charge in [0.15, 0.2) is 0 Å². The van der Waals surface area contributed by atoms with Crippen molar-refractivity contribution in [1.29, 1.82) is 0 Å². The summed E-state index contributed by atoms with van der Waals surface area (Å²) < 4.78 is 5.38. The molecule has 1 rings (SSSR count). The zero-order valence-corrected chi connectivity index (χ0v) is 8.42. The van der Waals surface area contributed by atoms with Gasteiger partial charge in [-0.3, -0.25) is 0 Å². The largest absolute Gasteiger partial charge is 0.469 e. The van der Waals surface area contributed by atoms with Gasteiger partial charge in [0.25, 0.3) is 0 Å². The molecule has 0 aliphatic carbocycles. The average Bonchev–Trinajstić information content (AvgIpc) is 2.55. The normalized spacial score (nSPS) is 14.7. The molecule has 1 aromatic heterocycles. The Hall–Kier alpha value is -0.720. The Bertz CT molecular complexity index is 221. The fourth-order valence-corrected chi connectivity index (χ4v) is 1.23. The SMILES string of the molecule is CCC(C)(C)C(C)c1ccco1. The molecule has 0 aliphatic heterocycles. The van der Waals surface area contributed by atoms with Gasteiger partial charge in [-0.1, -0.05) is 34.1 Å². The van der Waals surface area contributed by atoms with Gasteiger partial charge >= 0.3 is 0 Å². The maximum Gasteiger partial charge on any atom is 0.107 e. The molecule has 0 aromatic carbocycles. The molecule has 0 aliphatic rings. The van der Waals surface area contributed by atoms with E-state index in [0.29, 0.717) is 11.3 Å². The highest BCUT2D eigenvalue weighted by molar-refractivity contribution is 5.07. The average molecular weight is 166 g/mol. The Morgan fingerprint density at radius 2 is 2.17 bits per heavy atom. The summed E-state index contributed by atoms with van der Waals surface area (Å²) in [6.07, 6.45) is 2.92. The van der Waals surface area contributed by atoms with E-state index in [-0.39, 0.29) is 0 Å². The van der Waals surface area contributed by atoms with E-state index >= 15 is 0 Å². The van der Waals surface area contributed by atoms with Gasteiger partial charge in [0, 0.05) is 5.92 Å². The third kappa shape index (κ3) is 1.71. The van der Waals surface area contributed by atoms with Crippen LogP contribution >= 0.6 is 0 Å². The summed E-state index contributed by atoms with van der Waals surface area (Å²) >= 11 is 0. The van der Waals surface area contributed by atoms with Crippen molar-refractivity contribution in [1.82, 2.24) is 0 Å². The van der Waals surface area contributed by atoms with E-state index < -0.39 is 0 Å². The Balaban J connectivity index is 2.78. The van der Waals surface area contributed by atoms with Crippen molar-refractivity contribution < 1.29 is 4.42 Å². The highest BCUT2D eigenvalue weighted by Crippen LogP contribution is 2.37. The Morgan fingerprint density at radius 3 is 2.58 bits per heavy atom. The Kier molecular flexibility index (Phi) is 2.61. The molecule has 1 heterocycles. The summed E-state index contributed by atoms with van der Waals surface area (Å²) in [5.41, 5.74) is 0.331. The lowest BCUT2D eigenvalue weighted by molar-refractivity contribution is 0.257. The van der Waals surface area contributed by atoms with Crippen molar-refractivity contribution >= 4 is 0 Å². The van der Waals surface area contributed by atoms with Gasteiger partial charge < -0.3 is 4.42 Å². The van der Waals surface area contributed by atoms with E-state index in [2.05, 4.69) is 33.8 Å². The minimum Gasteiger partial charge on any atom is -0.469 e. The van der Waals surface area contributed by atoms with Crippen LogP contribution in [0.15, 0.2) is 22.8 Å². The van der Waals surface area contributed by atoms with Crippen LogP contribution in [0.4, 0.5) is 0 Å². The second-order valence-corrected chi connectivity index (χ2v) is 4.08. The second-order valence-electron chi connectivity index (χ2n) is 4.08. The van der Waals surface area contributed by atoms with Crippen molar-refractivity contribution in [2.75, 3.05) is 0 Å². The predicted octanol–water partition coefficient (Wildman–Crippen LogP) is 3.82. The first-order valence-corrected chi connectivity index (χ1v) is 4.61. The fourth-order valence-electron chi connectivity index (χ4n) is 1.23. The van der Waals surface area contributed by atoms with Crippen LogP contribution in [0.3, 0.4) is 0 Å². The zero-order chi connectivity index (χ0) is 9.19. The maximum absolute atomic E-state index is 5.38. The molecule has 0 amide bonds. The maximum atomic E-state index is 5.38. The third-order valence-electron chi connectivity index (χ3n) is 3.05. The quantitative estimate of drug-likeness (QED) is 0.665. The van der Waals surface area contributed by atoms with Crippen LogP contribution in [0.25, 0.3) is 0 Å². The van der Waals surface area contributed by atoms with Crippen LogP contribution in [0.1, 0.15) is 45.8 Å². The van der Waals surface area contributed by atoms with E-state index in [1.54, 1.807) is 6.26 Å². The topological polar surface area (TPSA) is 13.1 Å². The van der Waals surface area contributed by atoms with Crippen LogP contribution in [-0.4, -0.2) is 0 Å². The zero-order valence-electron chi connectivity index (χ0n) is 8.42. The van der Waals surface area contributed by atoms with E-state index in [1.807, 2.05) is 6.07 Å². The van der Waals surface area contributed by atoms with E-state index in [4.69, 9.17) is 4.42 Å². The summed E-state index contributed by atoms with van der Waals surface area (Å²) in [6.45, 7) is 9.00. The molecule has 12 heavy (non-hydrogen) atoms. The summed E-state index contributed by atoms with van der Waals surface area (Å²) in [6, 6.07) is 4.01. The summed E-state index contributed by atoms with van der Waals surface area (Å²) in [7, 11) is 0. The molecular formula is C11H18O. The van der Waals surface area contributed by atoms with Gasteiger partial charge in [0.1, 0.15) is 5.76 Å². The molecule has 0 radical (unpaired) electrons. The Morgan fingerprint density at radius 1 is 1.50 bits per heavy atom. The van der Waals surface area contributed by atoms with E-state index in [9.17, 15) is 0 Å². The molecule has 68 valence electrons. The lowest BCUT2D eigenvalue weighted by Gasteiger charge is -2.28. The molecule has 0 saturated heterocycles. The minimum atomic E-state index is 0.331. The van der Waals surface area contributed by atoms with Gasteiger partial charge in [0.05, 0.1) is 6.26 Å². The highest BCUT2D eigenvalue weighted by atomic mass is 16.3. The van der Waals surface area contributed by atoms with Gasteiger partial charge in [-0.25, -0.2) is 0 Å².